The fourth-order valence-corrected chi connectivity index (χ4v) is 2.28. The molecule has 1 N–H and O–H groups in total. The third-order valence-corrected chi connectivity index (χ3v) is 3.31. The van der Waals surface area contributed by atoms with Gasteiger partial charge in [-0.1, -0.05) is 18.2 Å². The van der Waals surface area contributed by atoms with Crippen molar-refractivity contribution in [2.24, 2.45) is 12.1 Å². The molecule has 0 unspecified atom stereocenters. The maximum atomic E-state index is 12.5. The summed E-state index contributed by atoms with van der Waals surface area (Å²) < 4.78 is 3.19. The van der Waals surface area contributed by atoms with Crippen molar-refractivity contribution in [3.63, 3.8) is 0 Å². The molecule has 0 aliphatic rings. The van der Waals surface area contributed by atoms with Crippen LogP contribution in [0.5, 0.6) is 0 Å². The Morgan fingerprint density at radius 2 is 1.95 bits per heavy atom. The molecule has 112 valence electrons. The van der Waals surface area contributed by atoms with Crippen LogP contribution < -0.4 is 11.1 Å². The summed E-state index contributed by atoms with van der Waals surface area (Å²) in [5.41, 5.74) is 6.66. The van der Waals surface area contributed by atoms with Gasteiger partial charge < -0.3 is 0 Å². The Morgan fingerprint density at radius 3 is 2.64 bits per heavy atom. The molecule has 0 saturated carbocycles. The van der Waals surface area contributed by atoms with Gasteiger partial charge in [0.1, 0.15) is 0 Å². The second-order valence-corrected chi connectivity index (χ2v) is 5.25. The number of benzene rings is 1. The highest BCUT2D eigenvalue weighted by molar-refractivity contribution is 5.81. The lowest BCUT2D eigenvalue weighted by molar-refractivity contribution is 0.839. The lowest BCUT2D eigenvalue weighted by atomic mass is 10.3. The van der Waals surface area contributed by atoms with E-state index in [1.54, 1.807) is 22.4 Å². The van der Waals surface area contributed by atoms with Gasteiger partial charge in [0, 0.05) is 12.8 Å². The van der Waals surface area contributed by atoms with Crippen molar-refractivity contribution in [1.29, 1.82) is 0 Å². The molecule has 0 atom stereocenters. The molecule has 1 aromatic carbocycles. The topological polar surface area (TPSA) is 64.2 Å². The fourth-order valence-electron chi connectivity index (χ4n) is 2.28. The van der Waals surface area contributed by atoms with Gasteiger partial charge in [0.25, 0.3) is 0 Å². The van der Waals surface area contributed by atoms with Crippen LogP contribution in [0.1, 0.15) is 13.8 Å². The normalized spacial score (nSPS) is 10.7. The van der Waals surface area contributed by atoms with Gasteiger partial charge in [-0.2, -0.15) is 5.10 Å². The van der Waals surface area contributed by atoms with Gasteiger partial charge in [-0.15, -0.1) is 0 Å². The standard InChI is InChI=1S/C16H17N5O/c1-11(2)18-19-12-9-14-15(17-10-12)20(3)16(22)21(14)13-7-5-4-6-8-13/h4-10,19H,1-3H3. The monoisotopic (exact) mass is 295 g/mol. The van der Waals surface area contributed by atoms with E-state index < -0.39 is 0 Å². The number of nitrogens with one attached hydrogen (secondary N) is 1. The van der Waals surface area contributed by atoms with E-state index >= 15 is 0 Å². The van der Waals surface area contributed by atoms with Crippen LogP contribution in [0.2, 0.25) is 0 Å². The van der Waals surface area contributed by atoms with E-state index in [9.17, 15) is 4.79 Å². The Bertz CT molecular complexity index is 901. The number of aryl methyl sites for hydroxylation is 1. The third kappa shape index (κ3) is 2.39. The molecule has 0 aliphatic carbocycles. The zero-order chi connectivity index (χ0) is 15.7. The predicted molar refractivity (Wildman–Crippen MR) is 88.7 cm³/mol. The first kappa shape index (κ1) is 14.1. The summed E-state index contributed by atoms with van der Waals surface area (Å²) in [7, 11) is 1.72. The second kappa shape index (κ2) is 5.48. The summed E-state index contributed by atoms with van der Waals surface area (Å²) in [6.45, 7) is 3.81. The van der Waals surface area contributed by atoms with E-state index in [1.807, 2.05) is 50.2 Å². The lowest BCUT2D eigenvalue weighted by Gasteiger charge is -2.04. The average molecular weight is 295 g/mol. The molecule has 0 fully saturated rings. The van der Waals surface area contributed by atoms with Crippen LogP contribution in [-0.2, 0) is 7.05 Å². The van der Waals surface area contributed by atoms with Crippen molar-refractivity contribution >= 4 is 22.6 Å². The van der Waals surface area contributed by atoms with Crippen LogP contribution in [0.15, 0.2) is 52.5 Å². The highest BCUT2D eigenvalue weighted by Gasteiger charge is 2.13. The molecule has 6 nitrogen and oxygen atoms in total. The van der Waals surface area contributed by atoms with Gasteiger partial charge in [-0.25, -0.2) is 9.78 Å². The molecule has 0 bridgehead atoms. The number of nitrogens with zero attached hydrogens (tertiary/aromatic N) is 4. The molecule has 3 aromatic rings. The zero-order valence-electron chi connectivity index (χ0n) is 12.7. The number of hydrogen-bond acceptors (Lipinski definition) is 4. The van der Waals surface area contributed by atoms with E-state index in [2.05, 4.69) is 15.5 Å². The van der Waals surface area contributed by atoms with Gasteiger partial charge in [-0.05, 0) is 32.0 Å². The Kier molecular flexibility index (Phi) is 3.50. The quantitative estimate of drug-likeness (QED) is 0.596. The number of anilines is 1. The van der Waals surface area contributed by atoms with Crippen molar-refractivity contribution in [1.82, 2.24) is 14.1 Å². The third-order valence-electron chi connectivity index (χ3n) is 3.31. The van der Waals surface area contributed by atoms with Crippen molar-refractivity contribution < 1.29 is 0 Å². The van der Waals surface area contributed by atoms with Crippen LogP contribution in [0.4, 0.5) is 5.69 Å². The van der Waals surface area contributed by atoms with Crippen LogP contribution >= 0.6 is 0 Å². The molecular weight excluding hydrogens is 278 g/mol. The molecule has 2 aromatic heterocycles. The number of aromatic nitrogens is 3. The smallest absolute Gasteiger partial charge is 0.279 e. The molecule has 6 heteroatoms. The summed E-state index contributed by atoms with van der Waals surface area (Å²) >= 11 is 0. The summed E-state index contributed by atoms with van der Waals surface area (Å²) in [4.78, 5) is 16.9. The molecule has 0 amide bonds. The van der Waals surface area contributed by atoms with E-state index in [0.717, 1.165) is 22.6 Å². The Morgan fingerprint density at radius 1 is 1.23 bits per heavy atom. The van der Waals surface area contributed by atoms with Gasteiger partial charge in [0.2, 0.25) is 0 Å². The number of hydrogen-bond donors (Lipinski definition) is 1. The maximum Gasteiger partial charge on any atom is 0.334 e. The number of rotatable bonds is 3. The number of para-hydroxylation sites is 1. The molecule has 0 spiro atoms. The first-order chi connectivity index (χ1) is 10.6. The van der Waals surface area contributed by atoms with Gasteiger partial charge in [-0.3, -0.25) is 14.6 Å². The van der Waals surface area contributed by atoms with Crippen LogP contribution in [0.3, 0.4) is 0 Å². The van der Waals surface area contributed by atoms with E-state index in [0.29, 0.717) is 5.65 Å². The number of pyridine rings is 1. The molecule has 0 saturated heterocycles. The van der Waals surface area contributed by atoms with Crippen molar-refractivity contribution in [3.05, 3.63) is 53.1 Å². The van der Waals surface area contributed by atoms with Crippen LogP contribution in [0.25, 0.3) is 16.9 Å². The van der Waals surface area contributed by atoms with Gasteiger partial charge >= 0.3 is 5.69 Å². The minimum atomic E-state index is -0.124. The number of hydrazone groups is 1. The summed E-state index contributed by atoms with van der Waals surface area (Å²) in [5.74, 6) is 0. The maximum absolute atomic E-state index is 12.5. The summed E-state index contributed by atoms with van der Waals surface area (Å²) in [5, 5.41) is 4.17. The van der Waals surface area contributed by atoms with Crippen molar-refractivity contribution in [2.45, 2.75) is 13.8 Å². The average Bonchev–Trinajstić information content (AvgIpc) is 2.77. The van der Waals surface area contributed by atoms with Crippen LogP contribution in [-0.4, -0.2) is 19.8 Å². The molecular formula is C16H17N5O. The summed E-state index contributed by atoms with van der Waals surface area (Å²) in [6, 6.07) is 11.4. The highest BCUT2D eigenvalue weighted by Crippen LogP contribution is 2.19. The molecule has 0 aliphatic heterocycles. The molecule has 2 heterocycles. The first-order valence-electron chi connectivity index (χ1n) is 6.98. The Balaban J connectivity index is 2.23. The minimum Gasteiger partial charge on any atom is -0.279 e. The fraction of sp³-hybridized carbons (Fsp3) is 0.188. The lowest BCUT2D eigenvalue weighted by Crippen LogP contribution is -2.20. The van der Waals surface area contributed by atoms with E-state index in [4.69, 9.17) is 0 Å². The van der Waals surface area contributed by atoms with Gasteiger partial charge in [0.15, 0.2) is 5.65 Å². The van der Waals surface area contributed by atoms with E-state index in [1.165, 1.54) is 0 Å². The van der Waals surface area contributed by atoms with Crippen LogP contribution in [0, 0.1) is 0 Å². The number of fused-ring (bicyclic) bond motifs is 1. The Hall–Kier alpha value is -2.89. The second-order valence-electron chi connectivity index (χ2n) is 5.25. The van der Waals surface area contributed by atoms with Crippen molar-refractivity contribution in [2.75, 3.05) is 5.43 Å². The predicted octanol–water partition coefficient (Wildman–Crippen LogP) is 2.53. The minimum absolute atomic E-state index is 0.124. The molecule has 3 rings (SSSR count). The SMILES string of the molecule is CC(C)=NNc1cnc2c(c1)n(-c1ccccc1)c(=O)n2C. The van der Waals surface area contributed by atoms with E-state index in [-0.39, 0.29) is 5.69 Å². The largest absolute Gasteiger partial charge is 0.334 e. The molecule has 22 heavy (non-hydrogen) atoms. The van der Waals surface area contributed by atoms with Gasteiger partial charge in [0.05, 0.1) is 23.1 Å². The molecule has 0 radical (unpaired) electrons. The first-order valence-corrected chi connectivity index (χ1v) is 6.98. The number of imidazole rings is 1. The zero-order valence-corrected chi connectivity index (χ0v) is 12.7. The Labute approximate surface area is 127 Å². The highest BCUT2D eigenvalue weighted by atomic mass is 16.1. The van der Waals surface area contributed by atoms with Crippen molar-refractivity contribution in [3.8, 4) is 5.69 Å². The summed E-state index contributed by atoms with van der Waals surface area (Å²) in [6.07, 6.45) is 1.67.